The molecule has 0 saturated carbocycles. The lowest BCUT2D eigenvalue weighted by atomic mass is 10.0. The Morgan fingerprint density at radius 1 is 0.971 bits per heavy atom. The number of carbonyl (C=O) groups is 2. The maximum Gasteiger partial charge on any atom is 0.407 e. The first kappa shape index (κ1) is 31.2. The van der Waals surface area contributed by atoms with Crippen molar-refractivity contribution in [1.82, 2.24) is 5.32 Å². The Morgan fingerprint density at radius 3 is 2.03 bits per heavy atom. The lowest BCUT2D eigenvalue weighted by Gasteiger charge is -2.27. The molecule has 1 aromatic carbocycles. The maximum absolute atomic E-state index is 12.7. The average Bonchev–Trinajstić information content (AvgIpc) is 2.65. The highest BCUT2D eigenvalue weighted by Gasteiger charge is 2.26. The lowest BCUT2D eigenvalue weighted by molar-refractivity contribution is -0.155. The van der Waals surface area contributed by atoms with E-state index in [1.807, 2.05) is 52.8 Å². The van der Waals surface area contributed by atoms with Gasteiger partial charge in [-0.15, -0.1) is 23.2 Å². The van der Waals surface area contributed by atoms with Crippen molar-refractivity contribution in [3.63, 3.8) is 0 Å². The average molecular weight is 534 g/mol. The molecule has 0 heterocycles. The molecule has 1 N–H and O–H groups in total. The summed E-state index contributed by atoms with van der Waals surface area (Å²) in [5, 5.41) is 2.84. The summed E-state index contributed by atoms with van der Waals surface area (Å²) in [6, 6.07) is 5.29. The summed E-state index contributed by atoms with van der Waals surface area (Å²) in [6.07, 6.45) is -0.331. The van der Waals surface area contributed by atoms with Crippen molar-refractivity contribution in [1.29, 1.82) is 0 Å². The molecule has 0 radical (unpaired) electrons. The van der Waals surface area contributed by atoms with Crippen molar-refractivity contribution < 1.29 is 23.8 Å². The van der Waals surface area contributed by atoms with E-state index in [0.29, 0.717) is 37.0 Å². The van der Waals surface area contributed by atoms with Crippen LogP contribution in [0, 0.1) is 0 Å². The number of anilines is 1. The Kier molecular flexibility index (Phi) is 12.5. The van der Waals surface area contributed by atoms with Gasteiger partial charge in [0.2, 0.25) is 0 Å². The van der Waals surface area contributed by atoms with E-state index in [4.69, 9.17) is 37.4 Å². The molecule has 1 atom stereocenters. The highest BCUT2D eigenvalue weighted by atomic mass is 35.5. The predicted molar refractivity (Wildman–Crippen MR) is 143 cm³/mol. The van der Waals surface area contributed by atoms with Crippen LogP contribution in [0.3, 0.4) is 0 Å². The van der Waals surface area contributed by atoms with Gasteiger partial charge in [0.15, 0.2) is 0 Å². The molecule has 0 aliphatic rings. The predicted octanol–water partition coefficient (Wildman–Crippen LogP) is 5.93. The molecule has 1 aromatic rings. The van der Waals surface area contributed by atoms with Crippen molar-refractivity contribution in [2.75, 3.05) is 29.7 Å². The van der Waals surface area contributed by atoms with Gasteiger partial charge in [0.1, 0.15) is 17.0 Å². The topological polar surface area (TPSA) is 77.1 Å². The second kappa shape index (κ2) is 14.0. The van der Waals surface area contributed by atoms with Crippen LogP contribution in [0.5, 0.6) is 5.75 Å². The van der Waals surface area contributed by atoms with Crippen LogP contribution in [0.1, 0.15) is 67.4 Å². The fourth-order valence-corrected chi connectivity index (χ4v) is 3.77. The van der Waals surface area contributed by atoms with Crippen molar-refractivity contribution in [2.24, 2.45) is 0 Å². The molecule has 200 valence electrons. The number of benzene rings is 1. The van der Waals surface area contributed by atoms with Gasteiger partial charge in [0.05, 0.1) is 12.5 Å². The molecule has 1 unspecified atom stereocenters. The minimum Gasteiger partial charge on any atom is -0.491 e. The molecule has 0 aromatic heterocycles. The van der Waals surface area contributed by atoms with Crippen LogP contribution >= 0.6 is 23.2 Å². The number of nitrogens with zero attached hydrogens (tertiary/aromatic N) is 1. The standard InChI is InChI=1S/C26H42Cl2N2O5/c1-18(2)33-22-10-9-21(30(13-11-27)14-12-28)16-19(22)15-20(17-23(31)34-25(3,4)5)29-24(32)35-26(6,7)8/h9-10,16,18,20H,11-15,17H2,1-8H3,(H,29,32). The second-order valence-electron chi connectivity index (χ2n) is 10.7. The Balaban J connectivity index is 3.31. The first-order chi connectivity index (χ1) is 16.1. The highest BCUT2D eigenvalue weighted by molar-refractivity contribution is 6.18. The zero-order valence-electron chi connectivity index (χ0n) is 22.4. The van der Waals surface area contributed by atoms with Crippen LogP contribution in [0.2, 0.25) is 0 Å². The third kappa shape index (κ3) is 13.1. The molecule has 0 bridgehead atoms. The number of hydrogen-bond donors (Lipinski definition) is 1. The third-order valence-electron chi connectivity index (χ3n) is 4.50. The van der Waals surface area contributed by atoms with Gasteiger partial charge in [-0.05, 0) is 85.6 Å². The van der Waals surface area contributed by atoms with Crippen LogP contribution in [0.25, 0.3) is 0 Å². The number of halogens is 2. The van der Waals surface area contributed by atoms with Gasteiger partial charge in [-0.25, -0.2) is 4.79 Å². The first-order valence-corrected chi connectivity index (χ1v) is 13.1. The summed E-state index contributed by atoms with van der Waals surface area (Å²) >= 11 is 12.0. The number of alkyl carbamates (subject to hydrolysis) is 1. The summed E-state index contributed by atoms with van der Waals surface area (Å²) in [4.78, 5) is 27.3. The molecule has 0 fully saturated rings. The molecule has 1 amide bonds. The molecule has 35 heavy (non-hydrogen) atoms. The van der Waals surface area contributed by atoms with E-state index in [0.717, 1.165) is 11.3 Å². The summed E-state index contributed by atoms with van der Waals surface area (Å²) in [7, 11) is 0. The van der Waals surface area contributed by atoms with Crippen LogP contribution in [-0.2, 0) is 20.7 Å². The molecule has 9 heteroatoms. The summed E-state index contributed by atoms with van der Waals surface area (Å²) in [5.41, 5.74) is 0.472. The normalized spacial score (nSPS) is 12.8. The van der Waals surface area contributed by atoms with Crippen molar-refractivity contribution >= 4 is 41.0 Å². The number of nitrogens with one attached hydrogen (secondary N) is 1. The van der Waals surface area contributed by atoms with Gasteiger partial charge in [-0.1, -0.05) is 0 Å². The molecule has 0 aliphatic heterocycles. The van der Waals surface area contributed by atoms with E-state index >= 15 is 0 Å². The van der Waals surface area contributed by atoms with E-state index in [2.05, 4.69) is 10.2 Å². The maximum atomic E-state index is 12.7. The molecule has 0 aliphatic carbocycles. The number of alkyl halides is 2. The zero-order valence-corrected chi connectivity index (χ0v) is 23.9. The smallest absolute Gasteiger partial charge is 0.407 e. The number of rotatable bonds is 12. The van der Waals surface area contributed by atoms with Gasteiger partial charge in [-0.3, -0.25) is 4.79 Å². The van der Waals surface area contributed by atoms with E-state index in [1.54, 1.807) is 20.8 Å². The van der Waals surface area contributed by atoms with Crippen molar-refractivity contribution in [2.45, 2.75) is 91.6 Å². The number of esters is 1. The van der Waals surface area contributed by atoms with Gasteiger partial charge >= 0.3 is 12.1 Å². The zero-order chi connectivity index (χ0) is 26.8. The lowest BCUT2D eigenvalue weighted by Crippen LogP contribution is -2.42. The fraction of sp³-hybridized carbons (Fsp3) is 0.692. The number of amides is 1. The van der Waals surface area contributed by atoms with Crippen LogP contribution in [0.15, 0.2) is 18.2 Å². The second-order valence-corrected chi connectivity index (χ2v) is 11.4. The van der Waals surface area contributed by atoms with E-state index in [9.17, 15) is 9.59 Å². The van der Waals surface area contributed by atoms with E-state index in [1.165, 1.54) is 0 Å². The first-order valence-electron chi connectivity index (χ1n) is 12.0. The van der Waals surface area contributed by atoms with Gasteiger partial charge in [0.25, 0.3) is 0 Å². The monoisotopic (exact) mass is 532 g/mol. The quantitative estimate of drug-likeness (QED) is 0.265. The summed E-state index contributed by atoms with van der Waals surface area (Å²) in [6.45, 7) is 15.9. The van der Waals surface area contributed by atoms with Crippen LogP contribution in [-0.4, -0.2) is 60.3 Å². The number of hydrogen-bond acceptors (Lipinski definition) is 6. The highest BCUT2D eigenvalue weighted by Crippen LogP contribution is 2.28. The van der Waals surface area contributed by atoms with Gasteiger partial charge in [0, 0.05) is 36.6 Å². The minimum atomic E-state index is -0.671. The van der Waals surface area contributed by atoms with Crippen molar-refractivity contribution in [3.05, 3.63) is 23.8 Å². The Labute approximate surface area is 220 Å². The van der Waals surface area contributed by atoms with Crippen LogP contribution < -0.4 is 15.0 Å². The third-order valence-corrected chi connectivity index (χ3v) is 4.84. The molecule has 1 rings (SSSR count). The summed E-state index contributed by atoms with van der Waals surface area (Å²) < 4.78 is 17.0. The molecule has 0 spiro atoms. The summed E-state index contributed by atoms with van der Waals surface area (Å²) in [5.74, 6) is 1.18. The molecular weight excluding hydrogens is 491 g/mol. The molecule has 7 nitrogen and oxygen atoms in total. The largest absolute Gasteiger partial charge is 0.491 e. The number of ether oxygens (including phenoxy) is 3. The molecular formula is C26H42Cl2N2O5. The Hall–Kier alpha value is -1.86. The van der Waals surface area contributed by atoms with E-state index < -0.39 is 29.3 Å². The van der Waals surface area contributed by atoms with Crippen LogP contribution in [0.4, 0.5) is 10.5 Å². The molecule has 0 saturated heterocycles. The Bertz CT molecular complexity index is 783. The fourth-order valence-electron chi connectivity index (χ4n) is 3.36. The SMILES string of the molecule is CC(C)Oc1ccc(N(CCCl)CCCl)cc1CC(CC(=O)OC(C)(C)C)NC(=O)OC(C)(C)C. The minimum absolute atomic E-state index is 0.0189. The van der Waals surface area contributed by atoms with Gasteiger partial charge in [-0.2, -0.15) is 0 Å². The van der Waals surface area contributed by atoms with Crippen molar-refractivity contribution in [3.8, 4) is 5.75 Å². The van der Waals surface area contributed by atoms with Gasteiger partial charge < -0.3 is 24.4 Å². The number of carbonyl (C=O) groups excluding carboxylic acids is 2. The van der Waals surface area contributed by atoms with E-state index in [-0.39, 0.29) is 12.5 Å². The Morgan fingerprint density at radius 2 is 1.54 bits per heavy atom.